The average molecular weight is 364 g/mol. The zero-order valence-electron chi connectivity index (χ0n) is 15.1. The van der Waals surface area contributed by atoms with Gasteiger partial charge in [0.15, 0.2) is 0 Å². The molecule has 0 spiro atoms. The number of hydrogen-bond acceptors (Lipinski definition) is 6. The van der Waals surface area contributed by atoms with Crippen LogP contribution in [0.5, 0.6) is 11.5 Å². The normalized spacial score (nSPS) is 17.2. The van der Waals surface area contributed by atoms with Crippen LogP contribution in [0.4, 0.5) is 5.69 Å². The third kappa shape index (κ3) is 5.09. The van der Waals surface area contributed by atoms with Crippen molar-refractivity contribution < 1.29 is 23.9 Å². The maximum atomic E-state index is 12.4. The van der Waals surface area contributed by atoms with Crippen molar-refractivity contribution in [2.24, 2.45) is 0 Å². The molecule has 1 atom stereocenters. The van der Waals surface area contributed by atoms with Crippen LogP contribution in [0, 0.1) is 0 Å². The Labute approximate surface area is 152 Å². The Morgan fingerprint density at radius 2 is 1.85 bits per heavy atom. The zero-order valence-corrected chi connectivity index (χ0v) is 15.1. The van der Waals surface area contributed by atoms with Crippen LogP contribution in [-0.2, 0) is 14.4 Å². The summed E-state index contributed by atoms with van der Waals surface area (Å²) in [5.41, 5.74) is 0.524. The van der Waals surface area contributed by atoms with Crippen molar-refractivity contribution in [2.75, 3.05) is 46.2 Å². The Balaban J connectivity index is 2.05. The number of piperazine rings is 1. The first kappa shape index (κ1) is 19.5. The molecule has 0 aromatic heterocycles. The van der Waals surface area contributed by atoms with Crippen LogP contribution in [-0.4, -0.2) is 69.6 Å². The lowest BCUT2D eigenvalue weighted by Crippen LogP contribution is -2.57. The molecule has 0 aliphatic carbocycles. The molecule has 1 aliphatic rings. The monoisotopic (exact) mass is 364 g/mol. The van der Waals surface area contributed by atoms with E-state index in [1.165, 1.54) is 21.3 Å². The summed E-state index contributed by atoms with van der Waals surface area (Å²) in [6.07, 6.45) is 0.00258. The number of carbonyl (C=O) groups excluding carboxylic acids is 3. The van der Waals surface area contributed by atoms with E-state index < -0.39 is 6.04 Å². The fraction of sp³-hybridized carbons (Fsp3) is 0.471. The van der Waals surface area contributed by atoms with Gasteiger partial charge < -0.3 is 25.4 Å². The van der Waals surface area contributed by atoms with Crippen molar-refractivity contribution in [3.05, 3.63) is 18.2 Å². The van der Waals surface area contributed by atoms with Gasteiger partial charge in [-0.15, -0.1) is 0 Å². The zero-order chi connectivity index (χ0) is 19.1. The van der Waals surface area contributed by atoms with E-state index in [2.05, 4.69) is 16.0 Å². The highest BCUT2D eigenvalue weighted by atomic mass is 16.5. The Morgan fingerprint density at radius 3 is 2.42 bits per heavy atom. The highest BCUT2D eigenvalue weighted by Gasteiger charge is 2.32. The molecule has 26 heavy (non-hydrogen) atoms. The van der Waals surface area contributed by atoms with Gasteiger partial charge in [-0.25, -0.2) is 0 Å². The Kier molecular flexibility index (Phi) is 6.79. The Bertz CT molecular complexity index is 657. The maximum Gasteiger partial charge on any atom is 0.238 e. The van der Waals surface area contributed by atoms with Crippen LogP contribution in [0.15, 0.2) is 18.2 Å². The SMILES string of the molecule is CNC(=O)C[C@@H]1C(=O)NCCN1CC(=O)Nc1cc(OC)cc(OC)c1. The van der Waals surface area contributed by atoms with Crippen LogP contribution in [0.3, 0.4) is 0 Å². The lowest BCUT2D eigenvalue weighted by Gasteiger charge is -2.34. The molecule has 3 amide bonds. The van der Waals surface area contributed by atoms with Crippen molar-refractivity contribution in [1.82, 2.24) is 15.5 Å². The Hall–Kier alpha value is -2.81. The molecule has 9 nitrogen and oxygen atoms in total. The second-order valence-corrected chi connectivity index (χ2v) is 5.80. The molecular weight excluding hydrogens is 340 g/mol. The summed E-state index contributed by atoms with van der Waals surface area (Å²) in [7, 11) is 4.56. The van der Waals surface area contributed by atoms with Gasteiger partial charge >= 0.3 is 0 Å². The van der Waals surface area contributed by atoms with Crippen molar-refractivity contribution in [3.8, 4) is 11.5 Å². The van der Waals surface area contributed by atoms with Crippen LogP contribution < -0.4 is 25.4 Å². The summed E-state index contributed by atoms with van der Waals surface area (Å²) in [6, 6.07) is 4.37. The summed E-state index contributed by atoms with van der Waals surface area (Å²) in [5.74, 6) is 0.298. The standard InChI is InChI=1S/C17H24N4O5/c1-18-15(22)9-14-17(24)19-4-5-21(14)10-16(23)20-11-6-12(25-2)8-13(7-11)26-3/h6-8,14H,4-5,9-10H2,1-3H3,(H,18,22)(H,19,24)(H,20,23)/t14-/m1/s1. The maximum absolute atomic E-state index is 12.4. The van der Waals surface area contributed by atoms with Gasteiger partial charge in [-0.2, -0.15) is 0 Å². The van der Waals surface area contributed by atoms with Gasteiger partial charge in [-0.05, 0) is 0 Å². The van der Waals surface area contributed by atoms with E-state index in [1.54, 1.807) is 23.1 Å². The number of hydrogen-bond donors (Lipinski definition) is 3. The molecule has 1 heterocycles. The second kappa shape index (κ2) is 9.04. The van der Waals surface area contributed by atoms with Crippen LogP contribution in [0.25, 0.3) is 0 Å². The van der Waals surface area contributed by atoms with E-state index in [4.69, 9.17) is 9.47 Å². The fourth-order valence-corrected chi connectivity index (χ4v) is 2.72. The molecule has 0 saturated carbocycles. The molecule has 142 valence electrons. The molecule has 2 rings (SSSR count). The largest absolute Gasteiger partial charge is 0.497 e. The molecule has 1 aromatic rings. The molecule has 0 radical (unpaired) electrons. The molecule has 3 N–H and O–H groups in total. The number of methoxy groups -OCH3 is 2. The first-order valence-corrected chi connectivity index (χ1v) is 8.22. The lowest BCUT2D eigenvalue weighted by atomic mass is 10.1. The number of amides is 3. The summed E-state index contributed by atoms with van der Waals surface area (Å²) < 4.78 is 10.4. The molecule has 0 unspecified atom stereocenters. The molecule has 1 aliphatic heterocycles. The van der Waals surface area contributed by atoms with E-state index in [1.807, 2.05) is 0 Å². The average Bonchev–Trinajstić information content (AvgIpc) is 2.63. The van der Waals surface area contributed by atoms with Gasteiger partial charge in [-0.1, -0.05) is 0 Å². The van der Waals surface area contributed by atoms with Gasteiger partial charge in [-0.3, -0.25) is 19.3 Å². The summed E-state index contributed by atoms with van der Waals surface area (Å²) >= 11 is 0. The molecular formula is C17H24N4O5. The number of carbonyl (C=O) groups is 3. The minimum Gasteiger partial charge on any atom is -0.497 e. The van der Waals surface area contributed by atoms with Gasteiger partial charge in [0, 0.05) is 44.0 Å². The minimum atomic E-state index is -0.672. The molecule has 1 aromatic carbocycles. The minimum absolute atomic E-state index is 0.00258. The van der Waals surface area contributed by atoms with Crippen LogP contribution >= 0.6 is 0 Å². The first-order valence-electron chi connectivity index (χ1n) is 8.22. The molecule has 0 bridgehead atoms. The highest BCUT2D eigenvalue weighted by molar-refractivity contribution is 5.94. The number of nitrogens with one attached hydrogen (secondary N) is 3. The number of benzene rings is 1. The van der Waals surface area contributed by atoms with E-state index in [0.717, 1.165) is 0 Å². The molecule has 1 fully saturated rings. The quantitative estimate of drug-likeness (QED) is 0.606. The van der Waals surface area contributed by atoms with Gasteiger partial charge in [0.05, 0.1) is 33.2 Å². The summed E-state index contributed by atoms with van der Waals surface area (Å²) in [6.45, 7) is 0.917. The van der Waals surface area contributed by atoms with E-state index >= 15 is 0 Å². The van der Waals surface area contributed by atoms with Crippen molar-refractivity contribution in [3.63, 3.8) is 0 Å². The lowest BCUT2D eigenvalue weighted by molar-refractivity contribution is -0.135. The van der Waals surface area contributed by atoms with Gasteiger partial charge in [0.25, 0.3) is 0 Å². The predicted molar refractivity (Wildman–Crippen MR) is 95.2 cm³/mol. The number of nitrogens with zero attached hydrogens (tertiary/aromatic N) is 1. The van der Waals surface area contributed by atoms with Gasteiger partial charge in [0.2, 0.25) is 17.7 Å². The van der Waals surface area contributed by atoms with E-state index in [-0.39, 0.29) is 30.7 Å². The number of rotatable bonds is 7. The predicted octanol–water partition coefficient (Wildman–Crippen LogP) is -0.421. The third-order valence-corrected chi connectivity index (χ3v) is 4.08. The highest BCUT2D eigenvalue weighted by Crippen LogP contribution is 2.25. The second-order valence-electron chi connectivity index (χ2n) is 5.80. The van der Waals surface area contributed by atoms with Crippen molar-refractivity contribution >= 4 is 23.4 Å². The number of anilines is 1. The van der Waals surface area contributed by atoms with Crippen molar-refractivity contribution in [2.45, 2.75) is 12.5 Å². The van der Waals surface area contributed by atoms with Crippen LogP contribution in [0.1, 0.15) is 6.42 Å². The molecule has 1 saturated heterocycles. The van der Waals surface area contributed by atoms with Gasteiger partial charge in [0.1, 0.15) is 11.5 Å². The topological polar surface area (TPSA) is 109 Å². The third-order valence-electron chi connectivity index (χ3n) is 4.08. The summed E-state index contributed by atoms with van der Waals surface area (Å²) in [4.78, 5) is 37.8. The molecule has 9 heteroatoms. The van der Waals surface area contributed by atoms with Crippen LogP contribution in [0.2, 0.25) is 0 Å². The summed E-state index contributed by atoms with van der Waals surface area (Å²) in [5, 5.41) is 7.99. The smallest absolute Gasteiger partial charge is 0.238 e. The first-order chi connectivity index (χ1) is 12.5. The van der Waals surface area contributed by atoms with Crippen molar-refractivity contribution in [1.29, 1.82) is 0 Å². The van der Waals surface area contributed by atoms with E-state index in [9.17, 15) is 14.4 Å². The van der Waals surface area contributed by atoms with E-state index in [0.29, 0.717) is 30.3 Å². The Morgan fingerprint density at radius 1 is 1.19 bits per heavy atom. The number of ether oxygens (including phenoxy) is 2. The fourth-order valence-electron chi connectivity index (χ4n) is 2.72.